The van der Waals surface area contributed by atoms with Gasteiger partial charge in [-0.3, -0.25) is 4.79 Å². The van der Waals surface area contributed by atoms with Crippen LogP contribution >= 0.6 is 11.6 Å². The number of aromatic amines is 1. The van der Waals surface area contributed by atoms with Crippen molar-refractivity contribution in [3.05, 3.63) is 71.4 Å². The number of hydrogen-bond donors (Lipinski definition) is 2. The third-order valence-electron chi connectivity index (χ3n) is 5.04. The van der Waals surface area contributed by atoms with Crippen molar-refractivity contribution in [2.24, 2.45) is 0 Å². The van der Waals surface area contributed by atoms with Crippen LogP contribution in [0, 0.1) is 0 Å². The highest BCUT2D eigenvalue weighted by atomic mass is 35.5. The second-order valence-electron chi connectivity index (χ2n) is 6.84. The summed E-state index contributed by atoms with van der Waals surface area (Å²) in [6.07, 6.45) is 13.1. The predicted octanol–water partition coefficient (Wildman–Crippen LogP) is 5.94. The highest BCUT2D eigenvalue weighted by molar-refractivity contribution is 6.31. The SMILES string of the molecule is C=CCC=C(/C=C\C)C1(NC(=O)c2cc3cc(Cl)ccc3[nH]2)CCCC1. The molecule has 0 radical (unpaired) electrons. The quantitative estimate of drug-likeness (QED) is 0.480. The zero-order valence-electron chi connectivity index (χ0n) is 15.1. The monoisotopic (exact) mass is 368 g/mol. The van der Waals surface area contributed by atoms with Crippen LogP contribution in [0.4, 0.5) is 0 Å². The molecule has 1 aliphatic rings. The van der Waals surface area contributed by atoms with Crippen LogP contribution in [0.5, 0.6) is 0 Å². The number of rotatable bonds is 6. The number of H-pyrrole nitrogens is 1. The van der Waals surface area contributed by atoms with Gasteiger partial charge in [-0.15, -0.1) is 6.58 Å². The summed E-state index contributed by atoms with van der Waals surface area (Å²) >= 11 is 6.05. The van der Waals surface area contributed by atoms with Crippen molar-refractivity contribution < 1.29 is 4.79 Å². The van der Waals surface area contributed by atoms with Gasteiger partial charge in [-0.25, -0.2) is 0 Å². The molecular formula is C22H25ClN2O. The Labute approximate surface area is 159 Å². The summed E-state index contributed by atoms with van der Waals surface area (Å²) in [4.78, 5) is 16.2. The molecule has 1 aromatic carbocycles. The number of carbonyl (C=O) groups excluding carboxylic acids is 1. The van der Waals surface area contributed by atoms with Crippen LogP contribution in [-0.4, -0.2) is 16.4 Å². The van der Waals surface area contributed by atoms with E-state index in [0.29, 0.717) is 10.7 Å². The Hall–Kier alpha value is -2.26. The molecule has 0 spiro atoms. The highest BCUT2D eigenvalue weighted by Gasteiger charge is 2.38. The topological polar surface area (TPSA) is 44.9 Å². The molecule has 1 heterocycles. The fraction of sp³-hybridized carbons (Fsp3) is 0.318. The molecule has 0 bridgehead atoms. The molecule has 0 aliphatic heterocycles. The van der Waals surface area contributed by atoms with Crippen LogP contribution in [0.3, 0.4) is 0 Å². The van der Waals surface area contributed by atoms with E-state index in [1.807, 2.05) is 43.3 Å². The fourth-order valence-electron chi connectivity index (χ4n) is 3.79. The number of aromatic nitrogens is 1. The second-order valence-corrected chi connectivity index (χ2v) is 7.28. The van der Waals surface area contributed by atoms with E-state index < -0.39 is 0 Å². The van der Waals surface area contributed by atoms with E-state index in [1.165, 1.54) is 5.57 Å². The summed E-state index contributed by atoms with van der Waals surface area (Å²) < 4.78 is 0. The minimum atomic E-state index is -0.304. The van der Waals surface area contributed by atoms with Crippen molar-refractivity contribution in [1.29, 1.82) is 0 Å². The molecule has 1 aromatic heterocycles. The van der Waals surface area contributed by atoms with Crippen LogP contribution in [0.15, 0.2) is 60.7 Å². The van der Waals surface area contributed by atoms with Gasteiger partial charge in [0.15, 0.2) is 0 Å². The van der Waals surface area contributed by atoms with Crippen molar-refractivity contribution in [2.45, 2.75) is 44.6 Å². The first-order valence-corrected chi connectivity index (χ1v) is 9.51. The first kappa shape index (κ1) is 18.5. The summed E-state index contributed by atoms with van der Waals surface area (Å²) in [5.74, 6) is -0.0757. The first-order valence-electron chi connectivity index (χ1n) is 9.13. The molecule has 1 amide bonds. The van der Waals surface area contributed by atoms with Crippen molar-refractivity contribution in [3.63, 3.8) is 0 Å². The smallest absolute Gasteiger partial charge is 0.268 e. The number of amides is 1. The minimum Gasteiger partial charge on any atom is -0.351 e. The lowest BCUT2D eigenvalue weighted by Crippen LogP contribution is -2.47. The zero-order chi connectivity index (χ0) is 18.6. The average Bonchev–Trinajstić information content (AvgIpc) is 3.25. The summed E-state index contributed by atoms with van der Waals surface area (Å²) in [5.41, 5.74) is 2.35. The number of fused-ring (bicyclic) bond motifs is 1. The van der Waals surface area contributed by atoms with Gasteiger partial charge in [-0.2, -0.15) is 0 Å². The first-order chi connectivity index (χ1) is 12.6. The summed E-state index contributed by atoms with van der Waals surface area (Å²) in [6.45, 7) is 5.82. The number of halogens is 1. The standard InChI is InChI=1S/C22H25ClN2O/c1-3-5-9-17(8-4-2)22(12-6-7-13-22)25-21(26)20-15-16-14-18(23)10-11-19(16)24-20/h3-4,8-11,14-15,24H,1,5-7,12-13H2,2H3,(H,25,26)/b8-4-,17-9?. The number of hydrogen-bond acceptors (Lipinski definition) is 1. The molecule has 0 atom stereocenters. The molecule has 2 aromatic rings. The lowest BCUT2D eigenvalue weighted by molar-refractivity contribution is 0.0911. The Kier molecular flexibility index (Phi) is 5.67. The normalized spacial score (nSPS) is 17.1. The van der Waals surface area contributed by atoms with E-state index >= 15 is 0 Å². The Morgan fingerprint density at radius 1 is 1.35 bits per heavy atom. The van der Waals surface area contributed by atoms with Gasteiger partial charge in [0.2, 0.25) is 0 Å². The van der Waals surface area contributed by atoms with Crippen LogP contribution in [-0.2, 0) is 0 Å². The zero-order valence-corrected chi connectivity index (χ0v) is 15.9. The number of nitrogens with one attached hydrogen (secondary N) is 2. The highest BCUT2D eigenvalue weighted by Crippen LogP contribution is 2.37. The molecule has 136 valence electrons. The van der Waals surface area contributed by atoms with Gasteiger partial charge in [-0.05, 0) is 56.0 Å². The van der Waals surface area contributed by atoms with Gasteiger partial charge < -0.3 is 10.3 Å². The van der Waals surface area contributed by atoms with E-state index in [2.05, 4.69) is 29.0 Å². The molecule has 3 nitrogen and oxygen atoms in total. The molecule has 26 heavy (non-hydrogen) atoms. The summed E-state index contributed by atoms with van der Waals surface area (Å²) in [5, 5.41) is 4.93. The van der Waals surface area contributed by atoms with E-state index in [-0.39, 0.29) is 11.4 Å². The Bertz CT molecular complexity index is 869. The van der Waals surface area contributed by atoms with Crippen LogP contribution < -0.4 is 5.32 Å². The van der Waals surface area contributed by atoms with Gasteiger partial charge in [0.1, 0.15) is 5.69 Å². The Morgan fingerprint density at radius 3 is 2.81 bits per heavy atom. The molecule has 3 rings (SSSR count). The summed E-state index contributed by atoms with van der Waals surface area (Å²) in [7, 11) is 0. The van der Waals surface area contributed by atoms with Gasteiger partial charge in [0.05, 0.1) is 5.54 Å². The van der Waals surface area contributed by atoms with E-state index in [4.69, 9.17) is 11.6 Å². The number of benzene rings is 1. The van der Waals surface area contributed by atoms with E-state index in [0.717, 1.165) is 43.0 Å². The van der Waals surface area contributed by atoms with Crippen molar-refractivity contribution in [1.82, 2.24) is 10.3 Å². The van der Waals surface area contributed by atoms with E-state index in [1.54, 1.807) is 0 Å². The van der Waals surface area contributed by atoms with Crippen molar-refractivity contribution >= 4 is 28.4 Å². The largest absolute Gasteiger partial charge is 0.351 e. The molecule has 2 N–H and O–H groups in total. The Balaban J connectivity index is 1.91. The lowest BCUT2D eigenvalue weighted by Gasteiger charge is -2.32. The molecule has 1 fully saturated rings. The molecule has 4 heteroatoms. The van der Waals surface area contributed by atoms with Gasteiger partial charge in [-0.1, -0.05) is 48.7 Å². The maximum atomic E-state index is 13.0. The Morgan fingerprint density at radius 2 is 2.12 bits per heavy atom. The number of carbonyl (C=O) groups is 1. The van der Waals surface area contributed by atoms with Crippen molar-refractivity contribution in [3.8, 4) is 0 Å². The van der Waals surface area contributed by atoms with Crippen LogP contribution in [0.2, 0.25) is 5.02 Å². The third kappa shape index (κ3) is 3.78. The predicted molar refractivity (Wildman–Crippen MR) is 110 cm³/mol. The lowest BCUT2D eigenvalue weighted by atomic mass is 9.86. The maximum absolute atomic E-state index is 13.0. The van der Waals surface area contributed by atoms with Crippen LogP contribution in [0.25, 0.3) is 10.9 Å². The van der Waals surface area contributed by atoms with Gasteiger partial charge >= 0.3 is 0 Å². The third-order valence-corrected chi connectivity index (χ3v) is 5.28. The van der Waals surface area contributed by atoms with Crippen molar-refractivity contribution in [2.75, 3.05) is 0 Å². The molecular weight excluding hydrogens is 344 g/mol. The van der Waals surface area contributed by atoms with E-state index in [9.17, 15) is 4.79 Å². The van der Waals surface area contributed by atoms with Gasteiger partial charge in [0, 0.05) is 15.9 Å². The van der Waals surface area contributed by atoms with Crippen LogP contribution in [0.1, 0.15) is 49.5 Å². The number of allylic oxidation sites excluding steroid dienone is 3. The maximum Gasteiger partial charge on any atom is 0.268 e. The minimum absolute atomic E-state index is 0.0757. The van der Waals surface area contributed by atoms with Gasteiger partial charge in [0.25, 0.3) is 5.91 Å². The average molecular weight is 369 g/mol. The molecule has 0 saturated heterocycles. The second kappa shape index (κ2) is 7.96. The molecule has 1 aliphatic carbocycles. The fourth-order valence-corrected chi connectivity index (χ4v) is 3.97. The molecule has 1 saturated carbocycles. The summed E-state index contributed by atoms with van der Waals surface area (Å²) in [6, 6.07) is 7.45. The molecule has 0 unspecified atom stereocenters.